The van der Waals surface area contributed by atoms with Crippen molar-refractivity contribution in [3.8, 4) is 5.69 Å². The molecule has 0 fully saturated rings. The first kappa shape index (κ1) is 9.78. The van der Waals surface area contributed by atoms with Crippen LogP contribution in [0.4, 0.5) is 5.69 Å². The van der Waals surface area contributed by atoms with Crippen molar-refractivity contribution in [3.05, 3.63) is 45.4 Å². The second kappa shape index (κ2) is 3.77. The van der Waals surface area contributed by atoms with Gasteiger partial charge in [-0.15, -0.1) is 0 Å². The number of rotatable bonds is 2. The van der Waals surface area contributed by atoms with E-state index in [1.165, 1.54) is 17.1 Å². The van der Waals surface area contributed by atoms with Gasteiger partial charge in [0.05, 0.1) is 15.1 Å². The van der Waals surface area contributed by atoms with E-state index in [-0.39, 0.29) is 5.69 Å². The van der Waals surface area contributed by atoms with E-state index < -0.39 is 4.92 Å². The molecule has 0 radical (unpaired) electrons. The van der Waals surface area contributed by atoms with Gasteiger partial charge >= 0.3 is 5.69 Å². The summed E-state index contributed by atoms with van der Waals surface area (Å²) in [5.74, 6) is 0. The molecular weight excluding hydrogens is 264 g/mol. The van der Waals surface area contributed by atoms with E-state index in [4.69, 9.17) is 0 Å². The third kappa shape index (κ3) is 1.86. The summed E-state index contributed by atoms with van der Waals surface area (Å²) >= 11 is 3.29. The van der Waals surface area contributed by atoms with Crippen LogP contribution in [0.1, 0.15) is 0 Å². The van der Waals surface area contributed by atoms with Crippen LogP contribution < -0.4 is 0 Å². The van der Waals surface area contributed by atoms with Crippen molar-refractivity contribution in [3.63, 3.8) is 0 Å². The largest absolute Gasteiger partial charge is 0.307 e. The Kier molecular flexibility index (Phi) is 2.46. The molecule has 0 aromatic carbocycles. The second-order valence-electron chi connectivity index (χ2n) is 2.73. The van der Waals surface area contributed by atoms with Crippen molar-refractivity contribution in [2.24, 2.45) is 0 Å². The Morgan fingerprint density at radius 2 is 2.27 bits per heavy atom. The van der Waals surface area contributed by atoms with E-state index in [9.17, 15) is 10.1 Å². The normalized spacial score (nSPS) is 10.2. The third-order valence-corrected chi connectivity index (χ3v) is 2.39. The smallest absolute Gasteiger partial charge is 0.263 e. The molecule has 6 nitrogen and oxygen atoms in total. The van der Waals surface area contributed by atoms with Gasteiger partial charge in [0.1, 0.15) is 12.4 Å². The summed E-state index contributed by atoms with van der Waals surface area (Å²) in [5.41, 5.74) is 0.664. The molecule has 76 valence electrons. The molecule has 2 aromatic heterocycles. The molecule has 2 rings (SSSR count). The fourth-order valence-corrected chi connectivity index (χ4v) is 1.53. The highest BCUT2D eigenvalue weighted by molar-refractivity contribution is 9.10. The van der Waals surface area contributed by atoms with Crippen LogP contribution in [-0.4, -0.2) is 19.7 Å². The number of halogens is 1. The topological polar surface area (TPSA) is 73.8 Å². The zero-order valence-corrected chi connectivity index (χ0v) is 8.96. The van der Waals surface area contributed by atoms with Crippen molar-refractivity contribution >= 4 is 21.6 Å². The number of hydrogen-bond donors (Lipinski definition) is 0. The van der Waals surface area contributed by atoms with Crippen molar-refractivity contribution in [1.29, 1.82) is 0 Å². The summed E-state index contributed by atoms with van der Waals surface area (Å²) in [7, 11) is 0. The van der Waals surface area contributed by atoms with Crippen LogP contribution in [0.3, 0.4) is 0 Å². The summed E-state index contributed by atoms with van der Waals surface area (Å²) in [5, 5.41) is 14.3. The van der Waals surface area contributed by atoms with E-state index in [0.717, 1.165) is 4.47 Å². The Balaban J connectivity index is 2.46. The molecule has 7 heteroatoms. The van der Waals surface area contributed by atoms with Gasteiger partial charge in [-0.25, -0.2) is 4.68 Å². The molecule has 2 aromatic rings. The van der Waals surface area contributed by atoms with Gasteiger partial charge in [-0.1, -0.05) is 0 Å². The molecule has 0 saturated heterocycles. The molecule has 0 unspecified atom stereocenters. The van der Waals surface area contributed by atoms with Gasteiger partial charge in [-0.05, 0) is 22.0 Å². The van der Waals surface area contributed by atoms with Crippen molar-refractivity contribution < 1.29 is 4.92 Å². The van der Waals surface area contributed by atoms with Crippen molar-refractivity contribution in [2.75, 3.05) is 0 Å². The van der Waals surface area contributed by atoms with E-state index in [2.05, 4.69) is 26.0 Å². The predicted molar refractivity (Wildman–Crippen MR) is 55.7 cm³/mol. The third-order valence-electron chi connectivity index (χ3n) is 1.78. The van der Waals surface area contributed by atoms with E-state index in [0.29, 0.717) is 5.69 Å². The predicted octanol–water partition coefficient (Wildman–Crippen LogP) is 1.94. The number of hydrogen-bond acceptors (Lipinski definition) is 4. The van der Waals surface area contributed by atoms with Gasteiger partial charge in [-0.2, -0.15) is 5.10 Å². The number of nitrogens with zero attached hydrogens (tertiary/aromatic N) is 4. The first-order chi connectivity index (χ1) is 7.18. The van der Waals surface area contributed by atoms with Gasteiger partial charge in [0.2, 0.25) is 0 Å². The lowest BCUT2D eigenvalue weighted by molar-refractivity contribution is -0.384. The van der Waals surface area contributed by atoms with Crippen LogP contribution in [0.2, 0.25) is 0 Å². The average Bonchev–Trinajstić information content (AvgIpc) is 2.67. The Morgan fingerprint density at radius 1 is 1.47 bits per heavy atom. The lowest BCUT2D eigenvalue weighted by Gasteiger charge is -2.01. The van der Waals surface area contributed by atoms with Gasteiger partial charge in [0.15, 0.2) is 0 Å². The maximum atomic E-state index is 10.5. The highest BCUT2D eigenvalue weighted by atomic mass is 79.9. The first-order valence-corrected chi connectivity index (χ1v) is 4.77. The van der Waals surface area contributed by atoms with Gasteiger partial charge in [0, 0.05) is 12.4 Å². The molecule has 2 heterocycles. The molecule has 0 amide bonds. The van der Waals surface area contributed by atoms with Crippen LogP contribution in [0.25, 0.3) is 5.69 Å². The van der Waals surface area contributed by atoms with E-state index in [1.54, 1.807) is 18.5 Å². The molecule has 0 aliphatic heterocycles. The van der Waals surface area contributed by atoms with Crippen molar-refractivity contribution in [1.82, 2.24) is 14.8 Å². The van der Waals surface area contributed by atoms with Crippen LogP contribution in [-0.2, 0) is 0 Å². The van der Waals surface area contributed by atoms with Crippen LogP contribution in [0.5, 0.6) is 0 Å². The number of nitro groups is 1. The van der Waals surface area contributed by atoms with Crippen LogP contribution >= 0.6 is 15.9 Å². The summed E-state index contributed by atoms with van der Waals surface area (Å²) in [6.45, 7) is 0. The minimum Gasteiger partial charge on any atom is -0.263 e. The van der Waals surface area contributed by atoms with Gasteiger partial charge in [0.25, 0.3) is 0 Å². The summed E-state index contributed by atoms with van der Waals surface area (Å²) < 4.78 is 2.15. The Labute approximate surface area is 92.8 Å². The standard InChI is InChI=1S/C8H5BrN4O2/c9-7-4-10-2-1-8(7)12-5-6(3-11-12)13(14)15/h1-5H. The molecule has 15 heavy (non-hydrogen) atoms. The quantitative estimate of drug-likeness (QED) is 0.616. The summed E-state index contributed by atoms with van der Waals surface area (Å²) in [4.78, 5) is 13.9. The zero-order chi connectivity index (χ0) is 10.8. The lowest BCUT2D eigenvalue weighted by Crippen LogP contribution is -1.95. The average molecular weight is 269 g/mol. The molecule has 0 bridgehead atoms. The maximum Gasteiger partial charge on any atom is 0.307 e. The van der Waals surface area contributed by atoms with Gasteiger partial charge in [-0.3, -0.25) is 15.1 Å². The first-order valence-electron chi connectivity index (χ1n) is 3.97. The van der Waals surface area contributed by atoms with Crippen LogP contribution in [0, 0.1) is 10.1 Å². The molecule has 0 saturated carbocycles. The highest BCUT2D eigenvalue weighted by Crippen LogP contribution is 2.20. The Hall–Kier alpha value is -1.76. The van der Waals surface area contributed by atoms with E-state index >= 15 is 0 Å². The summed E-state index contributed by atoms with van der Waals surface area (Å²) in [6.07, 6.45) is 5.74. The van der Waals surface area contributed by atoms with Crippen LogP contribution in [0.15, 0.2) is 35.3 Å². The second-order valence-corrected chi connectivity index (χ2v) is 3.58. The molecule has 0 aliphatic carbocycles. The Bertz CT molecular complexity index is 511. The molecule has 0 atom stereocenters. The Morgan fingerprint density at radius 3 is 2.87 bits per heavy atom. The monoisotopic (exact) mass is 268 g/mol. The molecule has 0 aliphatic rings. The molecule has 0 spiro atoms. The fourth-order valence-electron chi connectivity index (χ4n) is 1.09. The minimum absolute atomic E-state index is 0.0429. The fraction of sp³-hybridized carbons (Fsp3) is 0. The molecular formula is C8H5BrN4O2. The van der Waals surface area contributed by atoms with Gasteiger partial charge < -0.3 is 0 Å². The van der Waals surface area contributed by atoms with E-state index in [1.807, 2.05) is 0 Å². The van der Waals surface area contributed by atoms with Crippen molar-refractivity contribution in [2.45, 2.75) is 0 Å². The number of pyridine rings is 1. The maximum absolute atomic E-state index is 10.5. The highest BCUT2D eigenvalue weighted by Gasteiger charge is 2.11. The summed E-state index contributed by atoms with van der Waals surface area (Å²) in [6, 6.07) is 1.71. The molecule has 0 N–H and O–H groups in total. The number of aromatic nitrogens is 3. The lowest BCUT2D eigenvalue weighted by atomic mass is 10.4. The zero-order valence-electron chi connectivity index (χ0n) is 7.37. The SMILES string of the molecule is O=[N+]([O-])c1cnn(-c2ccncc2Br)c1. The minimum atomic E-state index is -0.488.